The second kappa shape index (κ2) is 4.65. The number of benzene rings is 1. The molecule has 18 heavy (non-hydrogen) atoms. The second-order valence-corrected chi connectivity index (χ2v) is 4.84. The first-order valence-electron chi connectivity index (χ1n) is 5.96. The van der Waals surface area contributed by atoms with E-state index in [2.05, 4.69) is 0 Å². The third-order valence-electron chi connectivity index (χ3n) is 3.53. The van der Waals surface area contributed by atoms with Crippen LogP contribution in [-0.2, 0) is 5.54 Å². The zero-order valence-corrected chi connectivity index (χ0v) is 9.88. The normalized spacial score (nSPS) is 18.6. The molecule has 1 fully saturated rings. The molecular weight excluding hydrogens is 240 g/mol. The maximum absolute atomic E-state index is 13.9. The van der Waals surface area contributed by atoms with Crippen LogP contribution in [-0.4, -0.2) is 11.1 Å². The maximum Gasteiger partial charge on any atom is 0.335 e. The van der Waals surface area contributed by atoms with Crippen LogP contribution in [0.15, 0.2) is 12.1 Å². The molecule has 1 aliphatic carbocycles. The Morgan fingerprint density at radius 1 is 1.17 bits per heavy atom. The Kier molecular flexibility index (Phi) is 3.34. The zero-order chi connectivity index (χ0) is 13.3. The van der Waals surface area contributed by atoms with Crippen LogP contribution in [0.4, 0.5) is 8.78 Å². The minimum atomic E-state index is -1.35. The van der Waals surface area contributed by atoms with Crippen molar-refractivity contribution in [1.29, 1.82) is 0 Å². The summed E-state index contributed by atoms with van der Waals surface area (Å²) in [5.74, 6) is -3.08. The molecule has 98 valence electrons. The van der Waals surface area contributed by atoms with Crippen LogP contribution in [0.5, 0.6) is 0 Å². The summed E-state index contributed by atoms with van der Waals surface area (Å²) in [4.78, 5) is 10.7. The van der Waals surface area contributed by atoms with Gasteiger partial charge >= 0.3 is 5.97 Å². The number of halogens is 2. The third-order valence-corrected chi connectivity index (χ3v) is 3.53. The Bertz CT molecular complexity index is 459. The van der Waals surface area contributed by atoms with Gasteiger partial charge in [-0.2, -0.15) is 0 Å². The molecule has 1 aromatic rings. The zero-order valence-electron chi connectivity index (χ0n) is 9.88. The summed E-state index contributed by atoms with van der Waals surface area (Å²) < 4.78 is 27.8. The summed E-state index contributed by atoms with van der Waals surface area (Å²) in [6, 6.07) is 1.67. The number of nitrogens with two attached hydrogens (primary N) is 1. The molecule has 1 aromatic carbocycles. The molecule has 5 heteroatoms. The molecular formula is C13H15F2NO2. The molecule has 0 spiro atoms. The molecule has 1 saturated carbocycles. The fraction of sp³-hybridized carbons (Fsp3) is 0.462. The van der Waals surface area contributed by atoms with Gasteiger partial charge in [-0.25, -0.2) is 13.6 Å². The van der Waals surface area contributed by atoms with Gasteiger partial charge in [-0.15, -0.1) is 0 Å². The number of rotatable bonds is 2. The fourth-order valence-corrected chi connectivity index (χ4v) is 2.60. The predicted octanol–water partition coefficient (Wildman–Crippen LogP) is 2.78. The monoisotopic (exact) mass is 255 g/mol. The molecule has 0 radical (unpaired) electrons. The van der Waals surface area contributed by atoms with E-state index in [1.165, 1.54) is 0 Å². The summed E-state index contributed by atoms with van der Waals surface area (Å²) in [6.45, 7) is 0. The van der Waals surface area contributed by atoms with Crippen LogP contribution in [0.3, 0.4) is 0 Å². The van der Waals surface area contributed by atoms with Crippen molar-refractivity contribution in [2.75, 3.05) is 0 Å². The number of carbonyl (C=O) groups is 1. The van der Waals surface area contributed by atoms with Crippen molar-refractivity contribution in [3.63, 3.8) is 0 Å². The first-order valence-corrected chi connectivity index (χ1v) is 5.96. The van der Waals surface area contributed by atoms with Crippen molar-refractivity contribution in [3.8, 4) is 0 Å². The number of carboxylic acid groups (broad SMARTS) is 1. The van der Waals surface area contributed by atoms with Crippen LogP contribution >= 0.6 is 0 Å². The molecule has 0 aromatic heterocycles. The Labute approximate surface area is 104 Å². The summed E-state index contributed by atoms with van der Waals surface area (Å²) >= 11 is 0. The largest absolute Gasteiger partial charge is 0.478 e. The van der Waals surface area contributed by atoms with E-state index in [0.717, 1.165) is 31.4 Å². The number of hydrogen-bond donors (Lipinski definition) is 2. The van der Waals surface area contributed by atoms with Crippen LogP contribution in [0.2, 0.25) is 0 Å². The highest BCUT2D eigenvalue weighted by Crippen LogP contribution is 2.37. The van der Waals surface area contributed by atoms with E-state index in [9.17, 15) is 13.6 Å². The van der Waals surface area contributed by atoms with Crippen molar-refractivity contribution < 1.29 is 18.7 Å². The van der Waals surface area contributed by atoms with E-state index < -0.39 is 28.7 Å². The SMILES string of the molecule is NC1(c2c(F)cc(C(=O)O)cc2F)CCCCC1. The molecule has 2 rings (SSSR count). The second-order valence-electron chi connectivity index (χ2n) is 4.84. The smallest absolute Gasteiger partial charge is 0.335 e. The lowest BCUT2D eigenvalue weighted by molar-refractivity contribution is 0.0695. The Morgan fingerprint density at radius 3 is 2.11 bits per heavy atom. The lowest BCUT2D eigenvalue weighted by Gasteiger charge is -2.34. The molecule has 1 aliphatic rings. The van der Waals surface area contributed by atoms with Crippen molar-refractivity contribution in [3.05, 3.63) is 34.9 Å². The van der Waals surface area contributed by atoms with E-state index in [0.29, 0.717) is 12.8 Å². The summed E-state index contributed by atoms with van der Waals surface area (Å²) in [5, 5.41) is 8.73. The fourth-order valence-electron chi connectivity index (χ4n) is 2.60. The molecule has 3 N–H and O–H groups in total. The van der Waals surface area contributed by atoms with Crippen LogP contribution in [0, 0.1) is 11.6 Å². The van der Waals surface area contributed by atoms with Gasteiger partial charge in [0.2, 0.25) is 0 Å². The van der Waals surface area contributed by atoms with E-state index >= 15 is 0 Å². The summed E-state index contributed by atoms with van der Waals surface area (Å²) in [6.07, 6.45) is 3.71. The minimum Gasteiger partial charge on any atom is -0.478 e. The third kappa shape index (κ3) is 2.22. The average Bonchev–Trinajstić information content (AvgIpc) is 2.28. The van der Waals surface area contributed by atoms with Crippen molar-refractivity contribution in [2.24, 2.45) is 5.73 Å². The van der Waals surface area contributed by atoms with Crippen molar-refractivity contribution in [1.82, 2.24) is 0 Å². The van der Waals surface area contributed by atoms with E-state index in [4.69, 9.17) is 10.8 Å². The number of aromatic carboxylic acids is 1. The molecule has 0 atom stereocenters. The van der Waals surface area contributed by atoms with Gasteiger partial charge in [0.1, 0.15) is 11.6 Å². The highest BCUT2D eigenvalue weighted by Gasteiger charge is 2.35. The van der Waals surface area contributed by atoms with E-state index in [1.54, 1.807) is 0 Å². The highest BCUT2D eigenvalue weighted by atomic mass is 19.1. The highest BCUT2D eigenvalue weighted by molar-refractivity contribution is 5.87. The minimum absolute atomic E-state index is 0.174. The van der Waals surface area contributed by atoms with E-state index in [-0.39, 0.29) is 5.56 Å². The lowest BCUT2D eigenvalue weighted by Crippen LogP contribution is -2.40. The average molecular weight is 255 g/mol. The number of hydrogen-bond acceptors (Lipinski definition) is 2. The lowest BCUT2D eigenvalue weighted by atomic mass is 9.77. The van der Waals surface area contributed by atoms with Crippen LogP contribution in [0.25, 0.3) is 0 Å². The summed E-state index contributed by atoms with van der Waals surface area (Å²) in [5.41, 5.74) is 4.50. The molecule has 3 nitrogen and oxygen atoms in total. The Morgan fingerprint density at radius 2 is 1.67 bits per heavy atom. The molecule has 0 unspecified atom stereocenters. The predicted molar refractivity (Wildman–Crippen MR) is 62.3 cm³/mol. The number of carboxylic acids is 1. The van der Waals surface area contributed by atoms with Crippen molar-refractivity contribution >= 4 is 5.97 Å². The molecule has 0 saturated heterocycles. The van der Waals surface area contributed by atoms with Crippen LogP contribution < -0.4 is 5.73 Å². The summed E-state index contributed by atoms with van der Waals surface area (Å²) in [7, 11) is 0. The van der Waals surface area contributed by atoms with Gasteiger partial charge in [0, 0.05) is 11.1 Å². The molecule has 0 amide bonds. The van der Waals surface area contributed by atoms with Gasteiger partial charge < -0.3 is 10.8 Å². The molecule has 0 aliphatic heterocycles. The van der Waals surface area contributed by atoms with Crippen molar-refractivity contribution in [2.45, 2.75) is 37.6 Å². The Hall–Kier alpha value is -1.49. The van der Waals surface area contributed by atoms with Gasteiger partial charge in [-0.05, 0) is 25.0 Å². The molecule has 0 heterocycles. The van der Waals surface area contributed by atoms with Gasteiger partial charge in [-0.1, -0.05) is 19.3 Å². The standard InChI is InChI=1S/C13H15F2NO2/c14-9-6-8(12(17)18)7-10(15)11(9)13(16)4-2-1-3-5-13/h6-7H,1-5,16H2,(H,17,18). The quantitative estimate of drug-likeness (QED) is 0.854. The Balaban J connectivity index is 2.47. The van der Waals surface area contributed by atoms with Gasteiger partial charge in [0.25, 0.3) is 0 Å². The first kappa shape index (κ1) is 13.0. The van der Waals surface area contributed by atoms with Gasteiger partial charge in [0.05, 0.1) is 5.56 Å². The van der Waals surface area contributed by atoms with Gasteiger partial charge in [0.15, 0.2) is 0 Å². The van der Waals surface area contributed by atoms with Crippen LogP contribution in [0.1, 0.15) is 48.0 Å². The van der Waals surface area contributed by atoms with Gasteiger partial charge in [-0.3, -0.25) is 0 Å². The van der Waals surface area contributed by atoms with E-state index in [1.807, 2.05) is 0 Å². The maximum atomic E-state index is 13.9. The molecule has 0 bridgehead atoms. The topological polar surface area (TPSA) is 63.3 Å². The first-order chi connectivity index (χ1) is 8.44.